The molecule has 0 spiro atoms. The third kappa shape index (κ3) is 3.25. The first-order valence-electron chi connectivity index (χ1n) is 6.87. The first-order chi connectivity index (χ1) is 9.41. The van der Waals surface area contributed by atoms with E-state index in [1.165, 1.54) is 0 Å². The number of rotatable bonds is 4. The van der Waals surface area contributed by atoms with Crippen LogP contribution in [0.3, 0.4) is 0 Å². The molecular formula is C14H21N3O3. The number of aromatic nitrogens is 2. The van der Waals surface area contributed by atoms with Gasteiger partial charge in [0.25, 0.3) is 0 Å². The quantitative estimate of drug-likeness (QED) is 0.879. The van der Waals surface area contributed by atoms with Crippen molar-refractivity contribution in [3.63, 3.8) is 0 Å². The van der Waals surface area contributed by atoms with E-state index in [-0.39, 0.29) is 17.2 Å². The van der Waals surface area contributed by atoms with Gasteiger partial charge in [-0.25, -0.2) is 14.8 Å². The van der Waals surface area contributed by atoms with Crippen LogP contribution in [0.15, 0.2) is 6.20 Å². The second-order valence-electron chi connectivity index (χ2n) is 5.79. The highest BCUT2D eigenvalue weighted by Crippen LogP contribution is 2.26. The molecular weight excluding hydrogens is 258 g/mol. The van der Waals surface area contributed by atoms with Gasteiger partial charge in [0.1, 0.15) is 5.82 Å². The molecule has 0 bridgehead atoms. The van der Waals surface area contributed by atoms with Crippen molar-refractivity contribution in [2.24, 2.45) is 0 Å². The predicted molar refractivity (Wildman–Crippen MR) is 75.2 cm³/mol. The van der Waals surface area contributed by atoms with Gasteiger partial charge in [-0.3, -0.25) is 0 Å². The summed E-state index contributed by atoms with van der Waals surface area (Å²) in [5, 5.41) is 12.6. The van der Waals surface area contributed by atoms with Gasteiger partial charge in [-0.05, 0) is 19.8 Å². The number of ether oxygens (including phenoxy) is 1. The molecule has 2 heterocycles. The average molecular weight is 279 g/mol. The van der Waals surface area contributed by atoms with Gasteiger partial charge < -0.3 is 15.2 Å². The molecule has 1 aliphatic heterocycles. The minimum atomic E-state index is -1.04. The summed E-state index contributed by atoms with van der Waals surface area (Å²) in [6, 6.07) is 0. The maximum atomic E-state index is 11.4. The van der Waals surface area contributed by atoms with Crippen molar-refractivity contribution < 1.29 is 14.6 Å². The van der Waals surface area contributed by atoms with E-state index in [1.807, 2.05) is 20.8 Å². The molecule has 0 saturated carbocycles. The van der Waals surface area contributed by atoms with Gasteiger partial charge in [0.05, 0.1) is 24.0 Å². The van der Waals surface area contributed by atoms with Gasteiger partial charge in [0.2, 0.25) is 0 Å². The van der Waals surface area contributed by atoms with Gasteiger partial charge >= 0.3 is 5.97 Å². The zero-order valence-corrected chi connectivity index (χ0v) is 12.1. The van der Waals surface area contributed by atoms with E-state index >= 15 is 0 Å². The number of carboxylic acids is 1. The molecule has 20 heavy (non-hydrogen) atoms. The maximum Gasteiger partial charge on any atom is 0.356 e. The lowest BCUT2D eigenvalue weighted by atomic mass is 9.94. The molecule has 1 saturated heterocycles. The zero-order chi connectivity index (χ0) is 14.8. The second-order valence-corrected chi connectivity index (χ2v) is 5.79. The summed E-state index contributed by atoms with van der Waals surface area (Å²) in [5.74, 6) is -0.411. The van der Waals surface area contributed by atoms with E-state index in [9.17, 15) is 9.90 Å². The minimum Gasteiger partial charge on any atom is -0.476 e. The topological polar surface area (TPSA) is 84.3 Å². The predicted octanol–water partition coefficient (Wildman–Crippen LogP) is 2.28. The number of hydrogen-bond acceptors (Lipinski definition) is 5. The Kier molecular flexibility index (Phi) is 4.23. The summed E-state index contributed by atoms with van der Waals surface area (Å²) in [7, 11) is 0. The van der Waals surface area contributed by atoms with Crippen LogP contribution in [-0.4, -0.2) is 39.8 Å². The highest BCUT2D eigenvalue weighted by Gasteiger charge is 2.29. The monoisotopic (exact) mass is 279 g/mol. The summed E-state index contributed by atoms with van der Waals surface area (Å²) in [4.78, 5) is 19.8. The van der Waals surface area contributed by atoms with Crippen molar-refractivity contribution in [3.8, 4) is 0 Å². The molecule has 1 atom stereocenters. The molecule has 0 aliphatic carbocycles. The first-order valence-corrected chi connectivity index (χ1v) is 6.87. The van der Waals surface area contributed by atoms with E-state index in [4.69, 9.17) is 4.74 Å². The molecule has 0 aromatic carbocycles. The smallest absolute Gasteiger partial charge is 0.356 e. The lowest BCUT2D eigenvalue weighted by Crippen LogP contribution is -2.43. The fourth-order valence-electron chi connectivity index (χ4n) is 2.29. The van der Waals surface area contributed by atoms with Crippen molar-refractivity contribution in [3.05, 3.63) is 17.7 Å². The van der Waals surface area contributed by atoms with E-state index in [1.54, 1.807) is 6.20 Å². The summed E-state index contributed by atoms with van der Waals surface area (Å²) >= 11 is 0. The van der Waals surface area contributed by atoms with Gasteiger partial charge in [-0.15, -0.1) is 0 Å². The number of hydrogen-bond donors (Lipinski definition) is 2. The molecule has 1 fully saturated rings. The Balaban J connectivity index is 2.28. The normalized spacial score (nSPS) is 22.8. The Bertz CT molecular complexity index is 496. The molecule has 1 aliphatic rings. The SMILES string of the molecule is CC(C)c1ncc(NC2(C)CCCOC2)c(C(=O)O)n1. The van der Waals surface area contributed by atoms with Crippen LogP contribution in [0.2, 0.25) is 0 Å². The highest BCUT2D eigenvalue weighted by atomic mass is 16.5. The van der Waals surface area contributed by atoms with E-state index in [2.05, 4.69) is 15.3 Å². The molecule has 2 N–H and O–H groups in total. The average Bonchev–Trinajstić information content (AvgIpc) is 2.39. The number of nitrogens with zero attached hydrogens (tertiary/aromatic N) is 2. The van der Waals surface area contributed by atoms with Crippen molar-refractivity contribution in [2.45, 2.75) is 45.1 Å². The molecule has 6 nitrogen and oxygen atoms in total. The Morgan fingerprint density at radius 2 is 2.30 bits per heavy atom. The van der Waals surface area contributed by atoms with Crippen molar-refractivity contribution in [1.82, 2.24) is 9.97 Å². The minimum absolute atomic E-state index is 0.0236. The zero-order valence-electron chi connectivity index (χ0n) is 12.1. The van der Waals surface area contributed by atoms with Crippen molar-refractivity contribution in [1.29, 1.82) is 0 Å². The number of carbonyl (C=O) groups is 1. The van der Waals surface area contributed by atoms with Crippen molar-refractivity contribution >= 4 is 11.7 Å². The Labute approximate surface area is 118 Å². The molecule has 0 amide bonds. The van der Waals surface area contributed by atoms with Gasteiger partial charge in [0.15, 0.2) is 5.69 Å². The van der Waals surface area contributed by atoms with E-state index in [0.29, 0.717) is 18.1 Å². The maximum absolute atomic E-state index is 11.4. The van der Waals surface area contributed by atoms with Crippen LogP contribution in [0.4, 0.5) is 5.69 Å². The molecule has 0 radical (unpaired) electrons. The number of aromatic carboxylic acids is 1. The fourth-order valence-corrected chi connectivity index (χ4v) is 2.29. The van der Waals surface area contributed by atoms with Crippen LogP contribution in [0.1, 0.15) is 55.8 Å². The lowest BCUT2D eigenvalue weighted by Gasteiger charge is -2.35. The van der Waals surface area contributed by atoms with Crippen LogP contribution < -0.4 is 5.32 Å². The van der Waals surface area contributed by atoms with Crippen molar-refractivity contribution in [2.75, 3.05) is 18.5 Å². The molecule has 1 unspecified atom stereocenters. The Morgan fingerprint density at radius 3 is 2.85 bits per heavy atom. The molecule has 1 aromatic heterocycles. The van der Waals surface area contributed by atoms with E-state index in [0.717, 1.165) is 19.4 Å². The molecule has 2 rings (SSSR count). The largest absolute Gasteiger partial charge is 0.476 e. The van der Waals surface area contributed by atoms with Crippen LogP contribution in [0, 0.1) is 0 Å². The summed E-state index contributed by atoms with van der Waals surface area (Å²) in [5.41, 5.74) is 0.205. The van der Waals surface area contributed by atoms with Gasteiger partial charge in [0, 0.05) is 12.5 Å². The van der Waals surface area contributed by atoms with Crippen LogP contribution in [-0.2, 0) is 4.74 Å². The van der Waals surface area contributed by atoms with Crippen LogP contribution >= 0.6 is 0 Å². The molecule has 6 heteroatoms. The molecule has 1 aromatic rings. The number of carboxylic acid groups (broad SMARTS) is 1. The van der Waals surface area contributed by atoms with Crippen LogP contribution in [0.25, 0.3) is 0 Å². The third-order valence-electron chi connectivity index (χ3n) is 3.40. The Morgan fingerprint density at radius 1 is 1.55 bits per heavy atom. The standard InChI is InChI=1S/C14H21N3O3/c1-9(2)12-15-7-10(11(16-12)13(18)19)17-14(3)5-4-6-20-8-14/h7,9,17H,4-6,8H2,1-3H3,(H,18,19). The van der Waals surface area contributed by atoms with E-state index < -0.39 is 5.97 Å². The molecule has 110 valence electrons. The summed E-state index contributed by atoms with van der Waals surface area (Å²) in [6.45, 7) is 7.20. The fraction of sp³-hybridized carbons (Fsp3) is 0.643. The third-order valence-corrected chi connectivity index (χ3v) is 3.40. The lowest BCUT2D eigenvalue weighted by molar-refractivity contribution is 0.0538. The Hall–Kier alpha value is -1.69. The highest BCUT2D eigenvalue weighted by molar-refractivity contribution is 5.91. The summed E-state index contributed by atoms with van der Waals surface area (Å²) in [6.07, 6.45) is 3.44. The van der Waals surface area contributed by atoms with Gasteiger partial charge in [-0.2, -0.15) is 0 Å². The second kappa shape index (κ2) is 5.75. The number of nitrogens with one attached hydrogen (secondary N) is 1. The number of anilines is 1. The first kappa shape index (κ1) is 14.7. The van der Waals surface area contributed by atoms with Gasteiger partial charge in [-0.1, -0.05) is 13.8 Å². The summed E-state index contributed by atoms with van der Waals surface area (Å²) < 4.78 is 5.47. The van der Waals surface area contributed by atoms with Crippen LogP contribution in [0.5, 0.6) is 0 Å².